The average molecular weight is 407 g/mol. The van der Waals surface area contributed by atoms with Gasteiger partial charge in [0.1, 0.15) is 4.92 Å². The predicted octanol–water partition coefficient (Wildman–Crippen LogP) is 5.26. The van der Waals surface area contributed by atoms with Gasteiger partial charge in [-0.15, -0.1) is 0 Å². The third-order valence-electron chi connectivity index (χ3n) is 4.57. The molecule has 0 fully saturated rings. The fraction of sp³-hybridized carbons (Fsp3) is 0.143. The van der Waals surface area contributed by atoms with E-state index in [-0.39, 0.29) is 12.3 Å². The maximum absolute atomic E-state index is 13.2. The summed E-state index contributed by atoms with van der Waals surface area (Å²) < 4.78 is 6.17. The Morgan fingerprint density at radius 1 is 1.10 bits per heavy atom. The fourth-order valence-corrected chi connectivity index (χ4v) is 4.14. The van der Waals surface area contributed by atoms with Crippen LogP contribution in [0.1, 0.15) is 27.2 Å². The number of aryl methyl sites for hydroxylation is 2. The summed E-state index contributed by atoms with van der Waals surface area (Å²) in [5, 5.41) is 11.5. The Morgan fingerprint density at radius 3 is 2.48 bits per heavy atom. The van der Waals surface area contributed by atoms with Gasteiger partial charge < -0.3 is 4.42 Å². The summed E-state index contributed by atoms with van der Waals surface area (Å²) in [5.74, 6) is -1.04. The Hall–Kier alpha value is -3.52. The number of hydrogen-bond acceptors (Lipinski definition) is 6. The molecule has 2 aromatic carbocycles. The van der Waals surface area contributed by atoms with Crippen LogP contribution in [0.25, 0.3) is 10.2 Å². The third kappa shape index (κ3) is 3.62. The quantitative estimate of drug-likeness (QED) is 0.332. The summed E-state index contributed by atoms with van der Waals surface area (Å²) in [6.45, 7) is 4.25. The van der Waals surface area contributed by atoms with Crippen molar-refractivity contribution in [2.24, 2.45) is 0 Å². The molecule has 0 spiro atoms. The Bertz CT molecular complexity index is 1170. The molecule has 146 valence electrons. The summed E-state index contributed by atoms with van der Waals surface area (Å²) >= 11 is 1.42. The minimum atomic E-state index is -0.664. The van der Waals surface area contributed by atoms with Gasteiger partial charge in [-0.2, -0.15) is 0 Å². The maximum atomic E-state index is 13.2. The van der Waals surface area contributed by atoms with E-state index < -0.39 is 16.7 Å². The highest BCUT2D eigenvalue weighted by Gasteiger charge is 2.26. The van der Waals surface area contributed by atoms with Gasteiger partial charge in [0, 0.05) is 0 Å². The van der Waals surface area contributed by atoms with E-state index in [0.717, 1.165) is 26.9 Å². The molecule has 29 heavy (non-hydrogen) atoms. The molecule has 0 saturated heterocycles. The van der Waals surface area contributed by atoms with E-state index in [1.54, 1.807) is 0 Å². The van der Waals surface area contributed by atoms with Crippen molar-refractivity contribution in [1.29, 1.82) is 0 Å². The molecule has 1 amide bonds. The first-order valence-corrected chi connectivity index (χ1v) is 9.72. The van der Waals surface area contributed by atoms with E-state index in [1.807, 2.05) is 56.3 Å². The smallest absolute Gasteiger partial charge is 0.395 e. The molecule has 2 aromatic heterocycles. The van der Waals surface area contributed by atoms with Crippen molar-refractivity contribution in [3.05, 3.63) is 87.2 Å². The predicted molar refractivity (Wildman–Crippen MR) is 111 cm³/mol. The number of anilines is 1. The topological polar surface area (TPSA) is 89.5 Å². The minimum absolute atomic E-state index is 0.0969. The molecule has 8 heteroatoms. The lowest BCUT2D eigenvalue weighted by Gasteiger charge is -2.18. The van der Waals surface area contributed by atoms with Crippen LogP contribution in [0.5, 0.6) is 0 Å². The molecule has 0 bridgehead atoms. The highest BCUT2D eigenvalue weighted by molar-refractivity contribution is 7.22. The summed E-state index contributed by atoms with van der Waals surface area (Å²) in [7, 11) is 0. The van der Waals surface area contributed by atoms with Gasteiger partial charge in [-0.05, 0) is 36.6 Å². The number of hydrogen-bond donors (Lipinski definition) is 0. The zero-order valence-corrected chi connectivity index (χ0v) is 16.6. The molecule has 0 aliphatic heterocycles. The second-order valence-electron chi connectivity index (χ2n) is 6.65. The van der Waals surface area contributed by atoms with E-state index in [9.17, 15) is 14.9 Å². The van der Waals surface area contributed by atoms with Crippen LogP contribution in [0.2, 0.25) is 0 Å². The number of nitrogens with zero attached hydrogens (tertiary/aromatic N) is 3. The Labute approximate surface area is 170 Å². The van der Waals surface area contributed by atoms with Crippen LogP contribution in [0, 0.1) is 24.0 Å². The van der Waals surface area contributed by atoms with Crippen molar-refractivity contribution in [1.82, 2.24) is 4.98 Å². The van der Waals surface area contributed by atoms with E-state index in [2.05, 4.69) is 0 Å². The van der Waals surface area contributed by atoms with Crippen molar-refractivity contribution in [2.45, 2.75) is 20.4 Å². The number of aromatic nitrogens is 1. The van der Waals surface area contributed by atoms with E-state index in [4.69, 9.17) is 9.40 Å². The molecule has 2 heterocycles. The van der Waals surface area contributed by atoms with Gasteiger partial charge in [0.15, 0.2) is 10.9 Å². The van der Waals surface area contributed by atoms with Crippen LogP contribution in [0.15, 0.2) is 59.0 Å². The molecule has 0 atom stereocenters. The Morgan fingerprint density at radius 2 is 1.83 bits per heavy atom. The summed E-state index contributed by atoms with van der Waals surface area (Å²) in [5.41, 5.74) is 3.86. The maximum Gasteiger partial charge on any atom is 0.433 e. The molecule has 0 radical (unpaired) electrons. The monoisotopic (exact) mass is 407 g/mol. The first-order chi connectivity index (χ1) is 13.9. The highest BCUT2D eigenvalue weighted by atomic mass is 32.1. The first-order valence-electron chi connectivity index (χ1n) is 8.91. The van der Waals surface area contributed by atoms with Crippen LogP contribution in [0.4, 0.5) is 11.0 Å². The van der Waals surface area contributed by atoms with E-state index in [1.165, 1.54) is 28.4 Å². The molecular formula is C21H17N3O4S. The molecule has 4 rings (SSSR count). The molecule has 0 N–H and O–H groups in total. The number of carbonyl (C=O) groups excluding carboxylic acids is 1. The molecule has 7 nitrogen and oxygen atoms in total. The number of amides is 1. The largest absolute Gasteiger partial charge is 0.433 e. The number of thiazole rings is 1. The lowest BCUT2D eigenvalue weighted by molar-refractivity contribution is -0.402. The normalized spacial score (nSPS) is 11.0. The van der Waals surface area contributed by atoms with Gasteiger partial charge in [0.05, 0.1) is 22.8 Å². The van der Waals surface area contributed by atoms with Crippen molar-refractivity contribution in [2.75, 3.05) is 4.90 Å². The van der Waals surface area contributed by atoms with Gasteiger partial charge in [0.25, 0.3) is 5.91 Å². The summed E-state index contributed by atoms with van der Waals surface area (Å²) in [6.07, 6.45) is 0. The van der Waals surface area contributed by atoms with Gasteiger partial charge in [-0.25, -0.2) is 4.98 Å². The van der Waals surface area contributed by atoms with Gasteiger partial charge in [-0.1, -0.05) is 53.8 Å². The zero-order valence-electron chi connectivity index (χ0n) is 15.8. The SMILES string of the molecule is Cc1ccc(C)c2sc(N(Cc3ccccc3)C(=O)c3ccc([N+](=O)[O-])o3)nc12. The van der Waals surface area contributed by atoms with E-state index in [0.29, 0.717) is 5.13 Å². The molecular weight excluding hydrogens is 390 g/mol. The molecule has 4 aromatic rings. The fourth-order valence-electron chi connectivity index (χ4n) is 3.03. The van der Waals surface area contributed by atoms with Gasteiger partial charge >= 0.3 is 5.88 Å². The van der Waals surface area contributed by atoms with Crippen molar-refractivity contribution in [3.8, 4) is 0 Å². The first kappa shape index (κ1) is 18.8. The third-order valence-corrected chi connectivity index (χ3v) is 5.79. The Kier molecular flexibility index (Phi) is 4.85. The number of carbonyl (C=O) groups is 1. The number of nitro groups is 1. The second-order valence-corrected chi connectivity index (χ2v) is 7.62. The number of rotatable bonds is 5. The number of furan rings is 1. The van der Waals surface area contributed by atoms with Crippen LogP contribution >= 0.6 is 11.3 Å². The molecule has 0 aliphatic carbocycles. The lowest BCUT2D eigenvalue weighted by Crippen LogP contribution is -2.30. The molecule has 0 aliphatic rings. The summed E-state index contributed by atoms with van der Waals surface area (Å²) in [4.78, 5) is 29.7. The number of benzene rings is 2. The van der Waals surface area contributed by atoms with Crippen LogP contribution in [-0.4, -0.2) is 15.8 Å². The average Bonchev–Trinajstić information content (AvgIpc) is 3.37. The van der Waals surface area contributed by atoms with Crippen LogP contribution in [0.3, 0.4) is 0 Å². The van der Waals surface area contributed by atoms with Crippen LogP contribution < -0.4 is 4.90 Å². The lowest BCUT2D eigenvalue weighted by atomic mass is 10.1. The van der Waals surface area contributed by atoms with E-state index >= 15 is 0 Å². The van der Waals surface area contributed by atoms with Crippen molar-refractivity contribution < 1.29 is 14.1 Å². The molecule has 0 saturated carbocycles. The summed E-state index contributed by atoms with van der Waals surface area (Å²) in [6, 6.07) is 16.0. The van der Waals surface area contributed by atoms with Crippen molar-refractivity contribution in [3.63, 3.8) is 0 Å². The van der Waals surface area contributed by atoms with Gasteiger partial charge in [0.2, 0.25) is 0 Å². The highest BCUT2D eigenvalue weighted by Crippen LogP contribution is 2.34. The minimum Gasteiger partial charge on any atom is -0.395 e. The Balaban J connectivity index is 1.79. The second kappa shape index (κ2) is 7.48. The zero-order chi connectivity index (χ0) is 20.5. The van der Waals surface area contributed by atoms with Gasteiger partial charge in [-0.3, -0.25) is 19.8 Å². The standard InChI is InChI=1S/C21H17N3O4S/c1-13-8-9-14(2)19-18(13)22-21(29-19)23(12-15-6-4-3-5-7-15)20(25)16-10-11-17(28-16)24(26)27/h3-11H,12H2,1-2H3. The molecule has 0 unspecified atom stereocenters. The van der Waals surface area contributed by atoms with Crippen LogP contribution in [-0.2, 0) is 6.54 Å². The number of fused-ring (bicyclic) bond motifs is 1. The van der Waals surface area contributed by atoms with Crippen molar-refractivity contribution >= 4 is 38.5 Å².